The number of aryl methyl sites for hydroxylation is 1. The lowest BCUT2D eigenvalue weighted by Gasteiger charge is -2.32. The predicted octanol–water partition coefficient (Wildman–Crippen LogP) is 3.13. The Balaban J connectivity index is 1.43. The van der Waals surface area contributed by atoms with Crippen molar-refractivity contribution in [2.75, 3.05) is 13.1 Å². The van der Waals surface area contributed by atoms with Crippen LogP contribution in [0.25, 0.3) is 0 Å². The summed E-state index contributed by atoms with van der Waals surface area (Å²) >= 11 is 5.91. The maximum absolute atomic E-state index is 12.3. The summed E-state index contributed by atoms with van der Waals surface area (Å²) in [5.74, 6) is 0.867. The van der Waals surface area contributed by atoms with Crippen LogP contribution in [0.2, 0.25) is 5.02 Å². The SMILES string of the molecule is O=C(CCc1ccccn1)N1CCC(Oc2cncc(Cl)c2)CC1. The van der Waals surface area contributed by atoms with Gasteiger partial charge in [-0.2, -0.15) is 0 Å². The minimum atomic E-state index is 0.102. The minimum Gasteiger partial charge on any atom is -0.489 e. The van der Waals surface area contributed by atoms with Gasteiger partial charge in [-0.05, 0) is 18.6 Å². The molecule has 0 aromatic carbocycles. The monoisotopic (exact) mass is 345 g/mol. The molecule has 3 rings (SSSR count). The number of amides is 1. The van der Waals surface area contributed by atoms with Crippen LogP contribution in [-0.4, -0.2) is 40.0 Å². The molecule has 24 heavy (non-hydrogen) atoms. The first kappa shape index (κ1) is 16.7. The Labute approximate surface area is 146 Å². The molecular weight excluding hydrogens is 326 g/mol. The van der Waals surface area contributed by atoms with Crippen molar-refractivity contribution in [1.29, 1.82) is 0 Å². The molecule has 0 saturated carbocycles. The molecule has 2 aromatic rings. The van der Waals surface area contributed by atoms with Crippen LogP contribution in [0.5, 0.6) is 5.75 Å². The molecule has 0 N–H and O–H groups in total. The van der Waals surface area contributed by atoms with Gasteiger partial charge in [0.05, 0.1) is 11.2 Å². The summed E-state index contributed by atoms with van der Waals surface area (Å²) in [6.45, 7) is 1.44. The second-order valence-corrected chi connectivity index (χ2v) is 6.29. The third kappa shape index (κ3) is 4.68. The summed E-state index contributed by atoms with van der Waals surface area (Å²) in [4.78, 5) is 22.5. The zero-order valence-corrected chi connectivity index (χ0v) is 14.2. The average molecular weight is 346 g/mol. The molecule has 1 aliphatic rings. The van der Waals surface area contributed by atoms with E-state index < -0.39 is 0 Å². The van der Waals surface area contributed by atoms with Crippen LogP contribution in [-0.2, 0) is 11.2 Å². The summed E-state index contributed by atoms with van der Waals surface area (Å²) in [6, 6.07) is 7.54. The van der Waals surface area contributed by atoms with Gasteiger partial charge in [-0.1, -0.05) is 17.7 Å². The van der Waals surface area contributed by atoms with E-state index in [2.05, 4.69) is 9.97 Å². The first-order valence-corrected chi connectivity index (χ1v) is 8.53. The van der Waals surface area contributed by atoms with Gasteiger partial charge in [0.1, 0.15) is 11.9 Å². The summed E-state index contributed by atoms with van der Waals surface area (Å²) in [5, 5.41) is 0.564. The number of aromatic nitrogens is 2. The second-order valence-electron chi connectivity index (χ2n) is 5.86. The normalized spacial score (nSPS) is 15.3. The highest BCUT2D eigenvalue weighted by Gasteiger charge is 2.23. The lowest BCUT2D eigenvalue weighted by atomic mass is 10.1. The van der Waals surface area contributed by atoms with Crippen molar-refractivity contribution in [2.24, 2.45) is 0 Å². The molecule has 1 aliphatic heterocycles. The van der Waals surface area contributed by atoms with Crippen molar-refractivity contribution in [3.05, 3.63) is 53.6 Å². The van der Waals surface area contributed by atoms with Crippen LogP contribution in [0.15, 0.2) is 42.9 Å². The van der Waals surface area contributed by atoms with Gasteiger partial charge in [0.15, 0.2) is 0 Å². The molecule has 0 radical (unpaired) electrons. The standard InChI is InChI=1S/C18H20ClN3O2/c19-14-11-17(13-20-12-14)24-16-6-9-22(10-7-16)18(23)5-4-15-3-1-2-8-21-15/h1-3,8,11-13,16H,4-7,9-10H2. The Morgan fingerprint density at radius 2 is 2.12 bits per heavy atom. The van der Waals surface area contributed by atoms with Crippen molar-refractivity contribution in [3.8, 4) is 5.75 Å². The van der Waals surface area contributed by atoms with Gasteiger partial charge in [-0.25, -0.2) is 0 Å². The molecule has 6 heteroatoms. The summed E-state index contributed by atoms with van der Waals surface area (Å²) < 4.78 is 5.90. The van der Waals surface area contributed by atoms with E-state index in [1.54, 1.807) is 24.7 Å². The predicted molar refractivity (Wildman–Crippen MR) is 92.0 cm³/mol. The zero-order chi connectivity index (χ0) is 16.8. The molecule has 126 valence electrons. The number of nitrogens with zero attached hydrogens (tertiary/aromatic N) is 3. The lowest BCUT2D eigenvalue weighted by molar-refractivity contribution is -0.132. The molecule has 1 fully saturated rings. The first-order chi connectivity index (χ1) is 11.7. The Kier molecular flexibility index (Phi) is 5.64. The van der Waals surface area contributed by atoms with Gasteiger partial charge < -0.3 is 9.64 Å². The van der Waals surface area contributed by atoms with Crippen LogP contribution < -0.4 is 4.74 Å². The van der Waals surface area contributed by atoms with Crippen molar-refractivity contribution < 1.29 is 9.53 Å². The van der Waals surface area contributed by atoms with E-state index in [4.69, 9.17) is 16.3 Å². The lowest BCUT2D eigenvalue weighted by Crippen LogP contribution is -2.41. The van der Waals surface area contributed by atoms with Crippen LogP contribution >= 0.6 is 11.6 Å². The average Bonchev–Trinajstić information content (AvgIpc) is 2.61. The number of carbonyl (C=O) groups excluding carboxylic acids is 1. The Morgan fingerprint density at radius 1 is 1.29 bits per heavy atom. The highest BCUT2D eigenvalue weighted by Crippen LogP contribution is 2.21. The topological polar surface area (TPSA) is 55.3 Å². The van der Waals surface area contributed by atoms with E-state index in [0.717, 1.165) is 31.6 Å². The number of rotatable bonds is 5. The number of piperidine rings is 1. The molecule has 0 spiro atoms. The quantitative estimate of drug-likeness (QED) is 0.835. The fraction of sp³-hybridized carbons (Fsp3) is 0.389. The molecule has 0 bridgehead atoms. The minimum absolute atomic E-state index is 0.102. The van der Waals surface area contributed by atoms with E-state index >= 15 is 0 Å². The number of hydrogen-bond donors (Lipinski definition) is 0. The Bertz CT molecular complexity index is 673. The van der Waals surface area contributed by atoms with E-state index in [0.29, 0.717) is 23.6 Å². The van der Waals surface area contributed by atoms with Crippen LogP contribution in [0.3, 0.4) is 0 Å². The van der Waals surface area contributed by atoms with E-state index in [9.17, 15) is 4.79 Å². The highest BCUT2D eigenvalue weighted by atomic mass is 35.5. The third-order valence-electron chi connectivity index (χ3n) is 4.10. The molecular formula is C18H20ClN3O2. The smallest absolute Gasteiger partial charge is 0.222 e. The second kappa shape index (κ2) is 8.11. The van der Waals surface area contributed by atoms with Gasteiger partial charge in [0.2, 0.25) is 5.91 Å². The van der Waals surface area contributed by atoms with Crippen molar-refractivity contribution in [1.82, 2.24) is 14.9 Å². The molecule has 3 heterocycles. The fourth-order valence-corrected chi connectivity index (χ4v) is 2.98. The number of ether oxygens (including phenoxy) is 1. The van der Waals surface area contributed by atoms with Gasteiger partial charge in [-0.15, -0.1) is 0 Å². The van der Waals surface area contributed by atoms with Gasteiger partial charge in [0.25, 0.3) is 0 Å². The maximum Gasteiger partial charge on any atom is 0.222 e. The Hall–Kier alpha value is -2.14. The Morgan fingerprint density at radius 3 is 2.83 bits per heavy atom. The van der Waals surface area contributed by atoms with E-state index in [1.165, 1.54) is 0 Å². The number of hydrogen-bond acceptors (Lipinski definition) is 4. The number of likely N-dealkylation sites (tertiary alicyclic amines) is 1. The van der Waals surface area contributed by atoms with E-state index in [-0.39, 0.29) is 12.0 Å². The molecule has 2 aromatic heterocycles. The van der Waals surface area contributed by atoms with Crippen molar-refractivity contribution in [2.45, 2.75) is 31.8 Å². The number of carbonyl (C=O) groups is 1. The fourth-order valence-electron chi connectivity index (χ4n) is 2.81. The summed E-state index contributed by atoms with van der Waals surface area (Å²) in [5.41, 5.74) is 0.956. The molecule has 0 atom stereocenters. The summed E-state index contributed by atoms with van der Waals surface area (Å²) in [6.07, 6.45) is 7.93. The third-order valence-corrected chi connectivity index (χ3v) is 4.31. The molecule has 0 aliphatic carbocycles. The highest BCUT2D eigenvalue weighted by molar-refractivity contribution is 6.30. The molecule has 1 amide bonds. The van der Waals surface area contributed by atoms with E-state index in [1.807, 2.05) is 23.1 Å². The molecule has 5 nitrogen and oxygen atoms in total. The van der Waals surface area contributed by atoms with Gasteiger partial charge >= 0.3 is 0 Å². The van der Waals surface area contributed by atoms with Crippen molar-refractivity contribution in [3.63, 3.8) is 0 Å². The first-order valence-electron chi connectivity index (χ1n) is 8.15. The van der Waals surface area contributed by atoms with Crippen LogP contribution in [0, 0.1) is 0 Å². The molecule has 1 saturated heterocycles. The van der Waals surface area contributed by atoms with Gasteiger partial charge in [0, 0.05) is 56.5 Å². The number of pyridine rings is 2. The largest absolute Gasteiger partial charge is 0.489 e. The number of halogens is 1. The maximum atomic E-state index is 12.3. The van der Waals surface area contributed by atoms with Crippen molar-refractivity contribution >= 4 is 17.5 Å². The van der Waals surface area contributed by atoms with Crippen LogP contribution in [0.4, 0.5) is 0 Å². The zero-order valence-electron chi connectivity index (χ0n) is 13.4. The summed E-state index contributed by atoms with van der Waals surface area (Å²) in [7, 11) is 0. The van der Waals surface area contributed by atoms with Crippen LogP contribution in [0.1, 0.15) is 25.0 Å². The molecule has 0 unspecified atom stereocenters. The van der Waals surface area contributed by atoms with Gasteiger partial charge in [-0.3, -0.25) is 14.8 Å².